The van der Waals surface area contributed by atoms with Gasteiger partial charge in [-0.05, 0) is 73.7 Å². The number of aryl methyl sites for hydroxylation is 1. The van der Waals surface area contributed by atoms with Crippen LogP contribution in [0.15, 0.2) is 24.3 Å². The fourth-order valence-corrected chi connectivity index (χ4v) is 8.95. The largest absolute Gasteiger partial charge is 0.508 e. The average molecular weight is 669 g/mol. The SMILES string of the molecule is Cc1c(F)ccc2cc(O)cc(-c3nc4c5c(nc(OC[C@@]67CCCN6C[C@H](F)C7)nc5c3F)N3C[C@H]5CC[C@H](N5)[C@H]3[C@@H](C(F)F)O4)c12. The first-order chi connectivity index (χ1) is 23.1. The monoisotopic (exact) mass is 668 g/mol. The lowest BCUT2D eigenvalue weighted by molar-refractivity contribution is -0.0127. The molecule has 2 aromatic heterocycles. The molecule has 2 bridgehead atoms. The molecule has 5 aliphatic heterocycles. The molecule has 5 aliphatic rings. The molecule has 4 aromatic rings. The second-order valence-electron chi connectivity index (χ2n) is 13.9. The fraction of sp³-hybridized carbons (Fsp3) is 0.500. The van der Waals surface area contributed by atoms with Gasteiger partial charge in [-0.25, -0.2) is 26.9 Å². The number of ether oxygens (including phenoxy) is 2. The first-order valence-corrected chi connectivity index (χ1v) is 16.4. The van der Waals surface area contributed by atoms with Gasteiger partial charge in [0.1, 0.15) is 46.8 Å². The topological polar surface area (TPSA) is 95.9 Å². The number of aromatic hydroxyl groups is 1. The number of halogens is 5. The van der Waals surface area contributed by atoms with E-state index in [0.29, 0.717) is 31.3 Å². The molecule has 2 N–H and O–H groups in total. The highest BCUT2D eigenvalue weighted by Crippen LogP contribution is 2.47. The number of anilines is 1. The molecule has 0 amide bonds. The summed E-state index contributed by atoms with van der Waals surface area (Å²) >= 11 is 0. The van der Waals surface area contributed by atoms with Crippen LogP contribution in [0.3, 0.4) is 0 Å². The number of fused-ring (bicyclic) bond motifs is 7. The van der Waals surface area contributed by atoms with Crippen LogP contribution in [-0.2, 0) is 0 Å². The summed E-state index contributed by atoms with van der Waals surface area (Å²) in [5, 5.41) is 14.8. The molecule has 0 saturated carbocycles. The number of pyridine rings is 1. The summed E-state index contributed by atoms with van der Waals surface area (Å²) in [6.07, 6.45) is -2.24. The summed E-state index contributed by atoms with van der Waals surface area (Å²) in [5.41, 5.74) is -0.930. The molecule has 7 heterocycles. The summed E-state index contributed by atoms with van der Waals surface area (Å²) in [5.74, 6) is -1.83. The van der Waals surface area contributed by atoms with Crippen molar-refractivity contribution in [2.24, 2.45) is 0 Å². The van der Waals surface area contributed by atoms with Crippen LogP contribution < -0.4 is 19.7 Å². The van der Waals surface area contributed by atoms with Crippen LogP contribution in [0.5, 0.6) is 17.6 Å². The van der Waals surface area contributed by atoms with Crippen LogP contribution >= 0.6 is 0 Å². The van der Waals surface area contributed by atoms with E-state index >= 15 is 4.39 Å². The van der Waals surface area contributed by atoms with Gasteiger partial charge in [-0.1, -0.05) is 6.07 Å². The number of rotatable bonds is 5. The van der Waals surface area contributed by atoms with Crippen molar-refractivity contribution in [1.82, 2.24) is 25.2 Å². The van der Waals surface area contributed by atoms with Crippen LogP contribution in [0.4, 0.5) is 27.8 Å². The van der Waals surface area contributed by atoms with E-state index in [9.17, 15) is 22.7 Å². The van der Waals surface area contributed by atoms with Crippen molar-refractivity contribution in [3.05, 3.63) is 41.5 Å². The Balaban J connectivity index is 1.27. The summed E-state index contributed by atoms with van der Waals surface area (Å²) in [6, 6.07) is 4.00. The normalized spacial score (nSPS) is 29.4. The Hall–Kier alpha value is -4.04. The smallest absolute Gasteiger partial charge is 0.319 e. The Bertz CT molecular complexity index is 1980. The van der Waals surface area contributed by atoms with Crippen LogP contribution in [0, 0.1) is 18.6 Å². The molecule has 252 valence electrons. The number of aromatic nitrogens is 3. The van der Waals surface area contributed by atoms with Gasteiger partial charge >= 0.3 is 6.01 Å². The van der Waals surface area contributed by atoms with E-state index in [-0.39, 0.29) is 75.3 Å². The summed E-state index contributed by atoms with van der Waals surface area (Å²) < 4.78 is 88.6. The van der Waals surface area contributed by atoms with E-state index in [1.165, 1.54) is 31.2 Å². The molecular weight excluding hydrogens is 635 g/mol. The number of benzene rings is 2. The van der Waals surface area contributed by atoms with Crippen LogP contribution in [0.1, 0.15) is 37.7 Å². The maximum Gasteiger partial charge on any atom is 0.319 e. The lowest BCUT2D eigenvalue weighted by Crippen LogP contribution is -2.64. The van der Waals surface area contributed by atoms with Crippen molar-refractivity contribution in [3.63, 3.8) is 0 Å². The number of nitrogens with one attached hydrogen (secondary N) is 1. The van der Waals surface area contributed by atoms with Crippen molar-refractivity contribution in [1.29, 1.82) is 0 Å². The first kappa shape index (κ1) is 30.1. The Kier molecular flexibility index (Phi) is 6.72. The molecule has 48 heavy (non-hydrogen) atoms. The van der Waals surface area contributed by atoms with Gasteiger partial charge < -0.3 is 24.8 Å². The minimum atomic E-state index is -2.93. The van der Waals surface area contributed by atoms with Crippen LogP contribution in [-0.4, -0.2) is 93.6 Å². The molecule has 0 unspecified atom stereocenters. The van der Waals surface area contributed by atoms with Gasteiger partial charge in [-0.2, -0.15) is 9.97 Å². The van der Waals surface area contributed by atoms with Crippen LogP contribution in [0.2, 0.25) is 0 Å². The van der Waals surface area contributed by atoms with E-state index in [2.05, 4.69) is 20.2 Å². The highest BCUT2D eigenvalue weighted by molar-refractivity contribution is 6.03. The molecule has 0 spiro atoms. The molecule has 0 radical (unpaired) electrons. The lowest BCUT2D eigenvalue weighted by atomic mass is 9.95. The van der Waals surface area contributed by atoms with Crippen LogP contribution in [0.25, 0.3) is 32.9 Å². The van der Waals surface area contributed by atoms with E-state index in [1.54, 1.807) is 4.90 Å². The molecule has 9 nitrogen and oxygen atoms in total. The number of alkyl halides is 3. The summed E-state index contributed by atoms with van der Waals surface area (Å²) in [7, 11) is 0. The van der Waals surface area contributed by atoms with Gasteiger partial charge in [-0.3, -0.25) is 4.90 Å². The van der Waals surface area contributed by atoms with Gasteiger partial charge in [0, 0.05) is 37.2 Å². The van der Waals surface area contributed by atoms with Gasteiger partial charge in [0.05, 0.1) is 11.6 Å². The molecule has 9 rings (SSSR count). The van der Waals surface area contributed by atoms with Gasteiger partial charge in [-0.15, -0.1) is 0 Å². The third-order valence-corrected chi connectivity index (χ3v) is 11.1. The van der Waals surface area contributed by atoms with E-state index in [0.717, 1.165) is 25.8 Å². The lowest BCUT2D eigenvalue weighted by Gasteiger charge is -2.43. The zero-order chi connectivity index (χ0) is 33.1. The number of hydrogen-bond acceptors (Lipinski definition) is 9. The number of piperazine rings is 1. The predicted octanol–water partition coefficient (Wildman–Crippen LogP) is 5.43. The Morgan fingerprint density at radius 3 is 2.81 bits per heavy atom. The minimum Gasteiger partial charge on any atom is -0.508 e. The second kappa shape index (κ2) is 10.7. The summed E-state index contributed by atoms with van der Waals surface area (Å²) in [4.78, 5) is 17.5. The molecule has 6 atom stereocenters. The summed E-state index contributed by atoms with van der Waals surface area (Å²) in [6.45, 7) is 2.98. The van der Waals surface area contributed by atoms with Crippen molar-refractivity contribution >= 4 is 27.5 Å². The quantitative estimate of drug-likeness (QED) is 0.270. The maximum atomic E-state index is 17.1. The fourth-order valence-electron chi connectivity index (χ4n) is 8.95. The Morgan fingerprint density at radius 2 is 1.98 bits per heavy atom. The number of hydrogen-bond donors (Lipinski definition) is 2. The molecule has 4 saturated heterocycles. The van der Waals surface area contributed by atoms with E-state index in [1.807, 2.05) is 0 Å². The molecule has 4 fully saturated rings. The third-order valence-electron chi connectivity index (χ3n) is 11.1. The predicted molar refractivity (Wildman–Crippen MR) is 167 cm³/mol. The molecular formula is C34H33F5N6O3. The first-order valence-electron chi connectivity index (χ1n) is 16.4. The Morgan fingerprint density at radius 1 is 1.12 bits per heavy atom. The highest BCUT2D eigenvalue weighted by Gasteiger charge is 2.52. The standard InChI is InChI=1S/C34H33F5N6O3/c1-15-21(36)5-3-16-9-19(46)10-20(23(15)16)26-25(37)27-24-31(43-33(42-27)47-14-34-7-2-8-44(34)12-17(35)11-34)45-13-18-4-6-22(40-18)28(45)29(30(38)39)48-32(24)41-26/h3,5,9-10,17-18,22,28-30,40,46H,2,4,6-8,11-14H2,1H3/t17-,18-,22+,28+,29+,34+/m1/s1. The molecule has 2 aromatic carbocycles. The van der Waals surface area contributed by atoms with E-state index < -0.39 is 41.9 Å². The highest BCUT2D eigenvalue weighted by atomic mass is 19.3. The van der Waals surface area contributed by atoms with Gasteiger partial charge in [0.2, 0.25) is 5.88 Å². The van der Waals surface area contributed by atoms with E-state index in [4.69, 9.17) is 14.5 Å². The molecule has 0 aliphatic carbocycles. The number of phenols is 1. The van der Waals surface area contributed by atoms with Crippen molar-refractivity contribution < 1.29 is 36.5 Å². The van der Waals surface area contributed by atoms with Crippen molar-refractivity contribution in [3.8, 4) is 28.9 Å². The van der Waals surface area contributed by atoms with Gasteiger partial charge in [0.25, 0.3) is 6.43 Å². The number of phenolic OH excluding ortho intramolecular Hbond substituents is 1. The zero-order valence-corrected chi connectivity index (χ0v) is 26.0. The minimum absolute atomic E-state index is 0.0000258. The Labute approximate surface area is 272 Å². The zero-order valence-electron chi connectivity index (χ0n) is 26.0. The third kappa shape index (κ3) is 4.44. The molecule has 14 heteroatoms. The average Bonchev–Trinajstić information content (AvgIpc) is 3.69. The number of nitrogens with zero attached hydrogens (tertiary/aromatic N) is 5. The van der Waals surface area contributed by atoms with Crippen molar-refractivity contribution in [2.45, 2.75) is 81.4 Å². The second-order valence-corrected chi connectivity index (χ2v) is 13.9. The van der Waals surface area contributed by atoms with Crippen molar-refractivity contribution in [2.75, 3.05) is 31.1 Å². The maximum absolute atomic E-state index is 17.1. The van der Waals surface area contributed by atoms with Gasteiger partial charge in [0.15, 0.2) is 11.9 Å².